The summed E-state index contributed by atoms with van der Waals surface area (Å²) >= 11 is 0. The predicted octanol–water partition coefficient (Wildman–Crippen LogP) is 0.685. The first-order valence-corrected chi connectivity index (χ1v) is 4.03. The molecule has 0 radical (unpaired) electrons. The number of amides is 1. The predicted molar refractivity (Wildman–Crippen MR) is 44.6 cm³/mol. The van der Waals surface area contributed by atoms with Crippen molar-refractivity contribution < 1.29 is 4.79 Å². The highest BCUT2D eigenvalue weighted by molar-refractivity contribution is 5.79. The largest absolute Gasteiger partial charge is 0.355 e. The Balaban J connectivity index is 2.16. The van der Waals surface area contributed by atoms with E-state index in [1.165, 1.54) is 5.56 Å². The molecule has 2 heterocycles. The van der Waals surface area contributed by atoms with Gasteiger partial charge in [-0.25, -0.2) is 0 Å². The van der Waals surface area contributed by atoms with E-state index in [0.29, 0.717) is 12.3 Å². The number of hydrogen-bond acceptors (Lipinski definition) is 2. The van der Waals surface area contributed by atoms with Crippen LogP contribution in [-0.2, 0) is 4.79 Å². The van der Waals surface area contributed by atoms with Gasteiger partial charge in [-0.15, -0.1) is 0 Å². The highest BCUT2D eigenvalue weighted by Crippen LogP contribution is 2.21. The van der Waals surface area contributed by atoms with E-state index in [-0.39, 0.29) is 5.91 Å². The summed E-state index contributed by atoms with van der Waals surface area (Å²) in [6.07, 6.45) is 4.14. The summed E-state index contributed by atoms with van der Waals surface area (Å²) < 4.78 is 0. The minimum atomic E-state index is 0.150. The molecule has 0 aromatic carbocycles. The van der Waals surface area contributed by atoms with Crippen molar-refractivity contribution >= 4 is 5.91 Å². The van der Waals surface area contributed by atoms with Crippen LogP contribution < -0.4 is 5.32 Å². The van der Waals surface area contributed by atoms with Crippen LogP contribution in [0, 0.1) is 0 Å². The molecule has 1 aromatic heterocycles. The molecule has 2 rings (SSSR count). The van der Waals surface area contributed by atoms with Crippen molar-refractivity contribution in [1.82, 2.24) is 10.3 Å². The molecule has 0 spiro atoms. The van der Waals surface area contributed by atoms with Crippen LogP contribution in [0.15, 0.2) is 24.5 Å². The van der Waals surface area contributed by atoms with Crippen LogP contribution in [0.1, 0.15) is 17.9 Å². The molecule has 0 bridgehead atoms. The molecule has 0 aliphatic carbocycles. The van der Waals surface area contributed by atoms with Gasteiger partial charge in [0.2, 0.25) is 5.91 Å². The van der Waals surface area contributed by atoms with Crippen molar-refractivity contribution in [2.45, 2.75) is 12.3 Å². The summed E-state index contributed by atoms with van der Waals surface area (Å²) in [6, 6.07) is 3.93. The Morgan fingerprint density at radius 2 is 2.17 bits per heavy atom. The van der Waals surface area contributed by atoms with E-state index in [0.717, 1.165) is 6.54 Å². The standard InChI is InChI=1S/C9H10N2O/c12-9-5-8(6-11-9)7-1-3-10-4-2-7/h1-4,8H,5-6H2,(H,11,12). The fourth-order valence-corrected chi connectivity index (χ4v) is 1.48. The number of nitrogens with one attached hydrogen (secondary N) is 1. The van der Waals surface area contributed by atoms with E-state index in [4.69, 9.17) is 0 Å². The van der Waals surface area contributed by atoms with Gasteiger partial charge in [0, 0.05) is 31.3 Å². The van der Waals surface area contributed by atoms with E-state index < -0.39 is 0 Å². The average Bonchev–Trinajstić information content (AvgIpc) is 2.54. The van der Waals surface area contributed by atoms with Crippen molar-refractivity contribution in [3.05, 3.63) is 30.1 Å². The van der Waals surface area contributed by atoms with Crippen LogP contribution in [0.5, 0.6) is 0 Å². The molecule has 1 saturated heterocycles. The van der Waals surface area contributed by atoms with Crippen molar-refractivity contribution in [3.8, 4) is 0 Å². The van der Waals surface area contributed by atoms with Gasteiger partial charge < -0.3 is 5.32 Å². The van der Waals surface area contributed by atoms with Crippen molar-refractivity contribution in [2.75, 3.05) is 6.54 Å². The third-order valence-corrected chi connectivity index (χ3v) is 2.15. The molecule has 3 nitrogen and oxygen atoms in total. The number of hydrogen-bond donors (Lipinski definition) is 1. The summed E-state index contributed by atoms with van der Waals surface area (Å²) in [5.41, 5.74) is 1.20. The highest BCUT2D eigenvalue weighted by atomic mass is 16.1. The second kappa shape index (κ2) is 2.93. The number of rotatable bonds is 1. The quantitative estimate of drug-likeness (QED) is 0.660. The fraction of sp³-hybridized carbons (Fsp3) is 0.333. The summed E-state index contributed by atoms with van der Waals surface area (Å²) in [6.45, 7) is 0.767. The SMILES string of the molecule is O=C1CC(c2ccncc2)CN1. The molecule has 1 unspecified atom stereocenters. The molecule has 0 saturated carbocycles. The molecule has 1 N–H and O–H groups in total. The van der Waals surface area contributed by atoms with E-state index in [1.54, 1.807) is 12.4 Å². The van der Waals surface area contributed by atoms with Gasteiger partial charge in [0.25, 0.3) is 0 Å². The smallest absolute Gasteiger partial charge is 0.220 e. The molecular weight excluding hydrogens is 152 g/mol. The zero-order valence-electron chi connectivity index (χ0n) is 6.66. The van der Waals surface area contributed by atoms with Crippen molar-refractivity contribution in [3.63, 3.8) is 0 Å². The Kier molecular flexibility index (Phi) is 1.78. The van der Waals surface area contributed by atoms with Crippen LogP contribution >= 0.6 is 0 Å². The van der Waals surface area contributed by atoms with Gasteiger partial charge in [0.1, 0.15) is 0 Å². The molecule has 1 aromatic rings. The Morgan fingerprint density at radius 1 is 1.42 bits per heavy atom. The van der Waals surface area contributed by atoms with Crippen LogP contribution in [0.4, 0.5) is 0 Å². The van der Waals surface area contributed by atoms with E-state index in [1.807, 2.05) is 12.1 Å². The lowest BCUT2D eigenvalue weighted by atomic mass is 10.00. The molecule has 62 valence electrons. The van der Waals surface area contributed by atoms with Crippen LogP contribution in [0.3, 0.4) is 0 Å². The molecule has 1 aliphatic heterocycles. The minimum absolute atomic E-state index is 0.150. The van der Waals surface area contributed by atoms with Gasteiger partial charge in [-0.05, 0) is 17.7 Å². The van der Waals surface area contributed by atoms with Crippen molar-refractivity contribution in [2.24, 2.45) is 0 Å². The zero-order valence-corrected chi connectivity index (χ0v) is 6.66. The number of carbonyl (C=O) groups is 1. The van der Waals surface area contributed by atoms with Crippen LogP contribution in [0.2, 0.25) is 0 Å². The van der Waals surface area contributed by atoms with Gasteiger partial charge in [-0.3, -0.25) is 9.78 Å². The number of aromatic nitrogens is 1. The number of carbonyl (C=O) groups excluding carboxylic acids is 1. The second-order valence-electron chi connectivity index (χ2n) is 2.99. The topological polar surface area (TPSA) is 42.0 Å². The van der Waals surface area contributed by atoms with E-state index in [9.17, 15) is 4.79 Å². The first-order valence-electron chi connectivity index (χ1n) is 4.03. The maximum atomic E-state index is 10.9. The fourth-order valence-electron chi connectivity index (χ4n) is 1.48. The van der Waals surface area contributed by atoms with Gasteiger partial charge in [0.15, 0.2) is 0 Å². The molecule has 1 aliphatic rings. The maximum absolute atomic E-state index is 10.9. The number of nitrogens with zero attached hydrogens (tertiary/aromatic N) is 1. The Bertz CT molecular complexity index is 284. The third-order valence-electron chi connectivity index (χ3n) is 2.15. The first-order chi connectivity index (χ1) is 5.86. The Morgan fingerprint density at radius 3 is 2.75 bits per heavy atom. The zero-order chi connectivity index (χ0) is 8.39. The minimum Gasteiger partial charge on any atom is -0.355 e. The highest BCUT2D eigenvalue weighted by Gasteiger charge is 2.22. The molecule has 12 heavy (non-hydrogen) atoms. The van der Waals surface area contributed by atoms with Crippen LogP contribution in [-0.4, -0.2) is 17.4 Å². The normalized spacial score (nSPS) is 22.3. The Hall–Kier alpha value is -1.38. The van der Waals surface area contributed by atoms with E-state index >= 15 is 0 Å². The van der Waals surface area contributed by atoms with E-state index in [2.05, 4.69) is 10.3 Å². The molecule has 1 amide bonds. The molecule has 3 heteroatoms. The van der Waals surface area contributed by atoms with Crippen molar-refractivity contribution in [1.29, 1.82) is 0 Å². The third kappa shape index (κ3) is 1.30. The van der Waals surface area contributed by atoms with Gasteiger partial charge in [0.05, 0.1) is 0 Å². The van der Waals surface area contributed by atoms with Gasteiger partial charge >= 0.3 is 0 Å². The molecular formula is C9H10N2O. The summed E-state index contributed by atoms with van der Waals surface area (Å²) in [5, 5.41) is 2.81. The lowest BCUT2D eigenvalue weighted by Crippen LogP contribution is -2.13. The molecule has 1 atom stereocenters. The summed E-state index contributed by atoms with van der Waals surface area (Å²) in [5.74, 6) is 0.498. The lowest BCUT2D eigenvalue weighted by molar-refractivity contribution is -0.119. The second-order valence-corrected chi connectivity index (χ2v) is 2.99. The monoisotopic (exact) mass is 162 g/mol. The lowest BCUT2D eigenvalue weighted by Gasteiger charge is -2.05. The summed E-state index contributed by atoms with van der Waals surface area (Å²) in [4.78, 5) is 14.8. The van der Waals surface area contributed by atoms with Gasteiger partial charge in [-0.2, -0.15) is 0 Å². The maximum Gasteiger partial charge on any atom is 0.220 e. The average molecular weight is 162 g/mol. The first kappa shape index (κ1) is 7.28. The Labute approximate surface area is 70.8 Å². The van der Waals surface area contributed by atoms with Crippen LogP contribution in [0.25, 0.3) is 0 Å². The van der Waals surface area contributed by atoms with Gasteiger partial charge in [-0.1, -0.05) is 0 Å². The number of pyridine rings is 1. The summed E-state index contributed by atoms with van der Waals surface area (Å²) in [7, 11) is 0. The molecule has 1 fully saturated rings.